The first kappa shape index (κ1) is 18.3. The van der Waals surface area contributed by atoms with E-state index < -0.39 is 0 Å². The third kappa shape index (κ3) is 5.53. The van der Waals surface area contributed by atoms with Crippen LogP contribution in [0.2, 0.25) is 0 Å². The minimum absolute atomic E-state index is 0.0146. The summed E-state index contributed by atoms with van der Waals surface area (Å²) in [7, 11) is 0. The smallest absolute Gasteiger partial charge is 0.409 e. The lowest BCUT2D eigenvalue weighted by Gasteiger charge is -2.31. The first-order valence-electron chi connectivity index (χ1n) is 8.60. The van der Waals surface area contributed by atoms with Crippen LogP contribution in [0.5, 0.6) is 0 Å². The van der Waals surface area contributed by atoms with Gasteiger partial charge < -0.3 is 20.3 Å². The Hall–Kier alpha value is -2.08. The first-order valence-corrected chi connectivity index (χ1v) is 8.60. The monoisotopic (exact) mass is 333 g/mol. The number of likely N-dealkylation sites (tertiary alicyclic amines) is 1. The van der Waals surface area contributed by atoms with Crippen LogP contribution < -0.4 is 10.6 Å². The van der Waals surface area contributed by atoms with Gasteiger partial charge in [0.2, 0.25) is 5.91 Å². The summed E-state index contributed by atoms with van der Waals surface area (Å²) in [5.41, 5.74) is 1.93. The number of piperidine rings is 1. The molecule has 6 nitrogen and oxygen atoms in total. The van der Waals surface area contributed by atoms with Gasteiger partial charge in [-0.1, -0.05) is 18.2 Å². The molecule has 1 aliphatic heterocycles. The number of nitrogens with one attached hydrogen (secondary N) is 2. The molecule has 0 aromatic heterocycles. The van der Waals surface area contributed by atoms with E-state index in [1.807, 2.05) is 38.1 Å². The van der Waals surface area contributed by atoms with E-state index in [0.29, 0.717) is 38.7 Å². The number of rotatable bonds is 6. The van der Waals surface area contributed by atoms with Crippen molar-refractivity contribution in [2.75, 3.05) is 31.6 Å². The molecule has 0 spiro atoms. The number of hydrogen-bond donors (Lipinski definition) is 2. The Morgan fingerprint density at radius 3 is 2.62 bits per heavy atom. The van der Waals surface area contributed by atoms with Crippen LogP contribution in [0, 0.1) is 6.92 Å². The van der Waals surface area contributed by atoms with Crippen molar-refractivity contribution in [1.82, 2.24) is 10.2 Å². The van der Waals surface area contributed by atoms with Crippen LogP contribution in [0.15, 0.2) is 24.3 Å². The van der Waals surface area contributed by atoms with Gasteiger partial charge in [-0.05, 0) is 38.3 Å². The number of anilines is 1. The van der Waals surface area contributed by atoms with E-state index in [-0.39, 0.29) is 12.0 Å². The Morgan fingerprint density at radius 2 is 1.96 bits per heavy atom. The summed E-state index contributed by atoms with van der Waals surface area (Å²) in [6, 6.07) is 8.10. The molecule has 0 saturated carbocycles. The van der Waals surface area contributed by atoms with Gasteiger partial charge in [0, 0.05) is 37.8 Å². The number of hydrogen-bond acceptors (Lipinski definition) is 4. The average molecular weight is 333 g/mol. The SMILES string of the molecule is CCOC(=O)N1CCC(NCCC(=O)Nc2ccccc2C)CC1. The summed E-state index contributed by atoms with van der Waals surface area (Å²) in [6.45, 7) is 6.24. The molecule has 0 unspecified atom stereocenters. The molecule has 24 heavy (non-hydrogen) atoms. The van der Waals surface area contributed by atoms with Gasteiger partial charge in [-0.3, -0.25) is 4.79 Å². The highest BCUT2D eigenvalue weighted by atomic mass is 16.6. The zero-order valence-corrected chi connectivity index (χ0v) is 14.5. The van der Waals surface area contributed by atoms with E-state index in [0.717, 1.165) is 24.1 Å². The average Bonchev–Trinajstić information content (AvgIpc) is 2.58. The molecule has 6 heteroatoms. The highest BCUT2D eigenvalue weighted by Gasteiger charge is 2.23. The fraction of sp³-hybridized carbons (Fsp3) is 0.556. The van der Waals surface area contributed by atoms with Crippen LogP contribution in [0.4, 0.5) is 10.5 Å². The van der Waals surface area contributed by atoms with Gasteiger partial charge in [-0.2, -0.15) is 0 Å². The molecule has 2 N–H and O–H groups in total. The molecule has 0 radical (unpaired) electrons. The second-order valence-corrected chi connectivity index (χ2v) is 6.03. The Kier molecular flexibility index (Phi) is 7.06. The third-order valence-electron chi connectivity index (χ3n) is 4.23. The van der Waals surface area contributed by atoms with Gasteiger partial charge >= 0.3 is 6.09 Å². The maximum atomic E-state index is 12.0. The van der Waals surface area contributed by atoms with Crippen molar-refractivity contribution in [1.29, 1.82) is 0 Å². The van der Waals surface area contributed by atoms with Crippen LogP contribution >= 0.6 is 0 Å². The normalized spacial score (nSPS) is 15.2. The minimum atomic E-state index is -0.228. The minimum Gasteiger partial charge on any atom is -0.450 e. The number of carbonyl (C=O) groups is 2. The molecule has 2 rings (SSSR count). The van der Waals surface area contributed by atoms with Crippen LogP contribution in [-0.4, -0.2) is 49.2 Å². The van der Waals surface area contributed by atoms with E-state index in [2.05, 4.69) is 10.6 Å². The standard InChI is InChI=1S/C18H27N3O3/c1-3-24-18(23)21-12-9-15(10-13-21)19-11-8-17(22)20-16-7-5-4-6-14(16)2/h4-7,15,19H,3,8-13H2,1-2H3,(H,20,22). The second kappa shape index (κ2) is 9.27. The van der Waals surface area contributed by atoms with Crippen molar-refractivity contribution in [3.05, 3.63) is 29.8 Å². The Bertz CT molecular complexity index is 554. The van der Waals surface area contributed by atoms with E-state index in [1.54, 1.807) is 4.90 Å². The van der Waals surface area contributed by atoms with Gasteiger partial charge in [0.1, 0.15) is 0 Å². The van der Waals surface area contributed by atoms with Crippen LogP contribution in [-0.2, 0) is 9.53 Å². The lowest BCUT2D eigenvalue weighted by molar-refractivity contribution is -0.116. The van der Waals surface area contributed by atoms with Gasteiger partial charge in [-0.25, -0.2) is 4.79 Å². The van der Waals surface area contributed by atoms with Gasteiger partial charge in [-0.15, -0.1) is 0 Å². The van der Waals surface area contributed by atoms with Gasteiger partial charge in [0.05, 0.1) is 6.61 Å². The molecule has 0 aliphatic carbocycles. The zero-order chi connectivity index (χ0) is 17.4. The number of ether oxygens (including phenoxy) is 1. The fourth-order valence-corrected chi connectivity index (χ4v) is 2.80. The summed E-state index contributed by atoms with van der Waals surface area (Å²) in [5.74, 6) is 0.0146. The summed E-state index contributed by atoms with van der Waals surface area (Å²) in [4.78, 5) is 25.4. The lowest BCUT2D eigenvalue weighted by atomic mass is 10.1. The second-order valence-electron chi connectivity index (χ2n) is 6.03. The zero-order valence-electron chi connectivity index (χ0n) is 14.5. The lowest BCUT2D eigenvalue weighted by Crippen LogP contribution is -2.45. The largest absolute Gasteiger partial charge is 0.450 e. The Labute approximate surface area is 143 Å². The molecule has 0 atom stereocenters. The number of carbonyl (C=O) groups excluding carboxylic acids is 2. The first-order chi connectivity index (χ1) is 11.6. The highest BCUT2D eigenvalue weighted by Crippen LogP contribution is 2.14. The molecule has 1 heterocycles. The topological polar surface area (TPSA) is 70.7 Å². The van der Waals surface area contributed by atoms with Crippen molar-refractivity contribution in [2.45, 2.75) is 39.2 Å². The maximum Gasteiger partial charge on any atom is 0.409 e. The predicted octanol–water partition coefficient (Wildman–Crippen LogP) is 2.53. The highest BCUT2D eigenvalue weighted by molar-refractivity contribution is 5.91. The molecule has 1 fully saturated rings. The maximum absolute atomic E-state index is 12.0. The molecular formula is C18H27N3O3. The van der Waals surface area contributed by atoms with E-state index in [9.17, 15) is 9.59 Å². The number of amides is 2. The van der Waals surface area contributed by atoms with Crippen LogP contribution in [0.1, 0.15) is 31.7 Å². The molecule has 0 bridgehead atoms. The number of nitrogens with zero attached hydrogens (tertiary/aromatic N) is 1. The van der Waals surface area contributed by atoms with E-state index >= 15 is 0 Å². The van der Waals surface area contributed by atoms with E-state index in [1.165, 1.54) is 0 Å². The molecular weight excluding hydrogens is 306 g/mol. The van der Waals surface area contributed by atoms with E-state index in [4.69, 9.17) is 4.74 Å². The fourth-order valence-electron chi connectivity index (χ4n) is 2.80. The molecule has 132 valence electrons. The van der Waals surface area contributed by atoms with Crippen molar-refractivity contribution < 1.29 is 14.3 Å². The van der Waals surface area contributed by atoms with Crippen LogP contribution in [0.3, 0.4) is 0 Å². The summed E-state index contributed by atoms with van der Waals surface area (Å²) in [6.07, 6.45) is 1.98. The number of para-hydroxylation sites is 1. The third-order valence-corrected chi connectivity index (χ3v) is 4.23. The quantitative estimate of drug-likeness (QED) is 0.839. The van der Waals surface area contributed by atoms with Gasteiger partial charge in [0.25, 0.3) is 0 Å². The van der Waals surface area contributed by atoms with Gasteiger partial charge in [0.15, 0.2) is 0 Å². The Morgan fingerprint density at radius 1 is 1.25 bits per heavy atom. The number of aryl methyl sites for hydroxylation is 1. The van der Waals surface area contributed by atoms with Crippen LogP contribution in [0.25, 0.3) is 0 Å². The van der Waals surface area contributed by atoms with Crippen molar-refractivity contribution in [2.24, 2.45) is 0 Å². The molecule has 1 aromatic rings. The molecule has 1 saturated heterocycles. The predicted molar refractivity (Wildman–Crippen MR) is 94.0 cm³/mol. The summed E-state index contributed by atoms with van der Waals surface area (Å²) >= 11 is 0. The molecule has 2 amide bonds. The van der Waals surface area contributed by atoms with Crippen molar-refractivity contribution in [3.8, 4) is 0 Å². The van der Waals surface area contributed by atoms with Crippen molar-refractivity contribution >= 4 is 17.7 Å². The summed E-state index contributed by atoms with van der Waals surface area (Å²) in [5, 5.41) is 6.34. The number of benzene rings is 1. The van der Waals surface area contributed by atoms with Crippen molar-refractivity contribution in [3.63, 3.8) is 0 Å². The molecule has 1 aromatic carbocycles. The summed E-state index contributed by atoms with van der Waals surface area (Å²) < 4.78 is 5.01. The molecule has 1 aliphatic rings. The Balaban J connectivity index is 1.64.